The van der Waals surface area contributed by atoms with Crippen LogP contribution in [-0.2, 0) is 19.1 Å². The topological polar surface area (TPSA) is 57.0 Å². The SMILES string of the molecule is O=c1c2nc(Oc3cccc(C(F)(F)F)c3)sc2nc2n1CCC2. The number of benzene rings is 1. The number of rotatable bonds is 2. The Labute approximate surface area is 137 Å². The third-order valence-corrected chi connectivity index (χ3v) is 4.56. The Morgan fingerprint density at radius 2 is 2.08 bits per heavy atom. The number of aromatic nitrogens is 3. The van der Waals surface area contributed by atoms with Crippen molar-refractivity contribution in [3.05, 3.63) is 46.0 Å². The molecule has 0 unspecified atom stereocenters. The molecule has 0 fully saturated rings. The molecule has 0 saturated carbocycles. The number of fused-ring (bicyclic) bond motifs is 2. The van der Waals surface area contributed by atoms with Crippen LogP contribution in [0, 0.1) is 0 Å². The molecule has 3 aromatic rings. The van der Waals surface area contributed by atoms with Crippen molar-refractivity contribution >= 4 is 21.7 Å². The molecular weight excluding hydrogens is 343 g/mol. The highest BCUT2D eigenvalue weighted by Crippen LogP contribution is 2.34. The van der Waals surface area contributed by atoms with Crippen LogP contribution in [0.3, 0.4) is 0 Å². The summed E-state index contributed by atoms with van der Waals surface area (Å²) >= 11 is 1.05. The Morgan fingerprint density at radius 3 is 2.88 bits per heavy atom. The van der Waals surface area contributed by atoms with Gasteiger partial charge in [-0.15, -0.1) is 0 Å². The molecule has 3 heterocycles. The minimum Gasteiger partial charge on any atom is -0.431 e. The van der Waals surface area contributed by atoms with Crippen LogP contribution in [0.4, 0.5) is 13.2 Å². The van der Waals surface area contributed by atoms with Gasteiger partial charge in [0.05, 0.1) is 5.56 Å². The van der Waals surface area contributed by atoms with Gasteiger partial charge in [0.1, 0.15) is 11.6 Å². The molecule has 1 aromatic carbocycles. The quantitative estimate of drug-likeness (QED) is 0.706. The number of aryl methyl sites for hydroxylation is 1. The zero-order chi connectivity index (χ0) is 16.9. The summed E-state index contributed by atoms with van der Waals surface area (Å²) in [6.07, 6.45) is -2.85. The Hall–Kier alpha value is -2.42. The van der Waals surface area contributed by atoms with Gasteiger partial charge >= 0.3 is 6.18 Å². The maximum Gasteiger partial charge on any atom is 0.416 e. The van der Waals surface area contributed by atoms with Gasteiger partial charge in [-0.05, 0) is 24.6 Å². The standard InChI is InChI=1S/C15H10F3N3O2S/c16-15(17,18)8-3-1-4-9(7-8)23-14-20-11-12(24-14)19-10-5-2-6-21(10)13(11)22/h1,3-4,7H,2,5-6H2. The Kier molecular flexibility index (Phi) is 3.34. The molecule has 24 heavy (non-hydrogen) atoms. The fourth-order valence-corrected chi connectivity index (χ4v) is 3.45. The van der Waals surface area contributed by atoms with Gasteiger partial charge in [0, 0.05) is 13.0 Å². The van der Waals surface area contributed by atoms with Crippen molar-refractivity contribution in [3.63, 3.8) is 0 Å². The van der Waals surface area contributed by atoms with Crippen LogP contribution in [-0.4, -0.2) is 14.5 Å². The van der Waals surface area contributed by atoms with E-state index in [1.165, 1.54) is 12.1 Å². The van der Waals surface area contributed by atoms with Crippen molar-refractivity contribution in [2.45, 2.75) is 25.6 Å². The number of halogens is 3. The third-order valence-electron chi connectivity index (χ3n) is 3.73. The smallest absolute Gasteiger partial charge is 0.416 e. The van der Waals surface area contributed by atoms with Crippen molar-refractivity contribution < 1.29 is 17.9 Å². The summed E-state index contributed by atoms with van der Waals surface area (Å²) in [7, 11) is 0. The monoisotopic (exact) mass is 353 g/mol. The lowest BCUT2D eigenvalue weighted by atomic mass is 10.2. The van der Waals surface area contributed by atoms with Gasteiger partial charge in [-0.25, -0.2) is 4.98 Å². The van der Waals surface area contributed by atoms with Crippen LogP contribution in [0.1, 0.15) is 17.8 Å². The molecule has 0 spiro atoms. The summed E-state index contributed by atoms with van der Waals surface area (Å²) in [6.45, 7) is 0.610. The highest BCUT2D eigenvalue weighted by molar-refractivity contribution is 7.19. The molecule has 0 radical (unpaired) electrons. The van der Waals surface area contributed by atoms with Crippen LogP contribution in [0.15, 0.2) is 29.1 Å². The zero-order valence-electron chi connectivity index (χ0n) is 12.1. The summed E-state index contributed by atoms with van der Waals surface area (Å²) in [5.74, 6) is 0.721. The Bertz CT molecular complexity index is 994. The second-order valence-corrected chi connectivity index (χ2v) is 6.29. The van der Waals surface area contributed by atoms with Crippen molar-refractivity contribution in [1.82, 2.24) is 14.5 Å². The van der Waals surface area contributed by atoms with Gasteiger partial charge < -0.3 is 4.74 Å². The highest BCUT2D eigenvalue weighted by atomic mass is 32.1. The lowest BCUT2D eigenvalue weighted by Crippen LogP contribution is -2.20. The minimum absolute atomic E-state index is 0.0107. The molecule has 0 saturated heterocycles. The minimum atomic E-state index is -4.45. The van der Waals surface area contributed by atoms with Gasteiger partial charge in [-0.3, -0.25) is 9.36 Å². The summed E-state index contributed by atoms with van der Waals surface area (Å²) in [6, 6.07) is 4.52. The van der Waals surface area contributed by atoms with Crippen LogP contribution in [0.25, 0.3) is 10.3 Å². The lowest BCUT2D eigenvalue weighted by Gasteiger charge is -2.08. The van der Waals surface area contributed by atoms with E-state index in [4.69, 9.17) is 4.74 Å². The number of alkyl halides is 3. The van der Waals surface area contributed by atoms with Crippen molar-refractivity contribution in [1.29, 1.82) is 0 Å². The van der Waals surface area contributed by atoms with Crippen molar-refractivity contribution in [3.8, 4) is 10.9 Å². The normalized spacial score (nSPS) is 14.1. The van der Waals surface area contributed by atoms with Crippen LogP contribution in [0.5, 0.6) is 10.9 Å². The molecule has 1 aliphatic heterocycles. The van der Waals surface area contributed by atoms with E-state index in [0.717, 1.165) is 36.3 Å². The van der Waals surface area contributed by atoms with E-state index in [1.54, 1.807) is 4.57 Å². The average molecular weight is 353 g/mol. The molecule has 2 aromatic heterocycles. The third kappa shape index (κ3) is 2.54. The second kappa shape index (κ2) is 5.30. The first-order valence-electron chi connectivity index (χ1n) is 7.17. The molecule has 9 heteroatoms. The lowest BCUT2D eigenvalue weighted by molar-refractivity contribution is -0.137. The van der Waals surface area contributed by atoms with Crippen molar-refractivity contribution in [2.24, 2.45) is 0 Å². The predicted octanol–water partition coefficient (Wildman–Crippen LogP) is 3.61. The molecule has 124 valence electrons. The molecule has 5 nitrogen and oxygen atoms in total. The first-order valence-corrected chi connectivity index (χ1v) is 7.99. The highest BCUT2D eigenvalue weighted by Gasteiger charge is 2.30. The predicted molar refractivity (Wildman–Crippen MR) is 81.5 cm³/mol. The van der Waals surface area contributed by atoms with Gasteiger partial charge in [0.25, 0.3) is 10.8 Å². The van der Waals surface area contributed by atoms with Gasteiger partial charge in [0.15, 0.2) is 10.3 Å². The van der Waals surface area contributed by atoms with Crippen LogP contribution < -0.4 is 10.3 Å². The number of hydrogen-bond donors (Lipinski definition) is 0. The van der Waals surface area contributed by atoms with E-state index in [0.29, 0.717) is 17.2 Å². The first kappa shape index (κ1) is 15.1. The molecule has 0 aliphatic carbocycles. The fraction of sp³-hybridized carbons (Fsp3) is 0.267. The second-order valence-electron chi connectivity index (χ2n) is 5.35. The maximum absolute atomic E-state index is 12.7. The maximum atomic E-state index is 12.7. The van der Waals surface area contributed by atoms with Crippen molar-refractivity contribution in [2.75, 3.05) is 0 Å². The Balaban J connectivity index is 1.71. The summed E-state index contributed by atoms with van der Waals surface area (Å²) in [5.41, 5.74) is -0.853. The van der Waals surface area contributed by atoms with Gasteiger partial charge in [-0.1, -0.05) is 17.4 Å². The molecule has 1 aliphatic rings. The average Bonchev–Trinajstić information content (AvgIpc) is 3.14. The summed E-state index contributed by atoms with van der Waals surface area (Å²) < 4.78 is 45.2. The number of hydrogen-bond acceptors (Lipinski definition) is 5. The zero-order valence-corrected chi connectivity index (χ0v) is 12.9. The van der Waals surface area contributed by atoms with E-state index in [2.05, 4.69) is 9.97 Å². The number of thiazole rings is 1. The molecule has 0 N–H and O–H groups in total. The van der Waals surface area contributed by atoms with E-state index in [-0.39, 0.29) is 22.0 Å². The molecule has 0 amide bonds. The number of ether oxygens (including phenoxy) is 1. The number of nitrogens with zero attached hydrogens (tertiary/aromatic N) is 3. The summed E-state index contributed by atoms with van der Waals surface area (Å²) in [4.78, 5) is 21.3. The molecular formula is C15H10F3N3O2S. The largest absolute Gasteiger partial charge is 0.431 e. The molecule has 0 atom stereocenters. The molecule has 0 bridgehead atoms. The van der Waals surface area contributed by atoms with Gasteiger partial charge in [-0.2, -0.15) is 18.2 Å². The van der Waals surface area contributed by atoms with Crippen LogP contribution >= 0.6 is 11.3 Å². The van der Waals surface area contributed by atoms with E-state index < -0.39 is 11.7 Å². The van der Waals surface area contributed by atoms with E-state index in [9.17, 15) is 18.0 Å². The van der Waals surface area contributed by atoms with E-state index in [1.807, 2.05) is 0 Å². The van der Waals surface area contributed by atoms with Crippen LogP contribution in [0.2, 0.25) is 0 Å². The fourth-order valence-electron chi connectivity index (χ4n) is 2.63. The molecule has 4 rings (SSSR count). The summed E-state index contributed by atoms with van der Waals surface area (Å²) in [5, 5.41) is 0.0956. The van der Waals surface area contributed by atoms with E-state index >= 15 is 0 Å². The Morgan fingerprint density at radius 1 is 1.25 bits per heavy atom. The first-order chi connectivity index (χ1) is 11.4. The van der Waals surface area contributed by atoms with Gasteiger partial charge in [0.2, 0.25) is 0 Å².